The molecule has 4 heteroatoms. The average molecular weight is 218 g/mol. The Hall–Kier alpha value is -1.49. The van der Waals surface area contributed by atoms with Crippen LogP contribution in [-0.4, -0.2) is 27.8 Å². The lowest BCUT2D eigenvalue weighted by molar-refractivity contribution is 0.0244. The zero-order valence-corrected chi connectivity index (χ0v) is 8.74. The van der Waals surface area contributed by atoms with E-state index in [9.17, 15) is 10.2 Å². The van der Waals surface area contributed by atoms with Gasteiger partial charge in [-0.25, -0.2) is 0 Å². The highest BCUT2D eigenvalue weighted by atomic mass is 16.3. The van der Waals surface area contributed by atoms with Gasteiger partial charge in [-0.1, -0.05) is 18.2 Å². The number of rotatable bonds is 3. The smallest absolute Gasteiger partial charge is 0.106 e. The van der Waals surface area contributed by atoms with Crippen LogP contribution >= 0.6 is 0 Å². The number of fused-ring (bicyclic) bond motifs is 1. The van der Waals surface area contributed by atoms with Gasteiger partial charge in [-0.05, 0) is 17.7 Å². The normalized spacial score (nSPS) is 14.9. The van der Waals surface area contributed by atoms with Crippen LogP contribution in [0.4, 0.5) is 0 Å². The summed E-state index contributed by atoms with van der Waals surface area (Å²) in [7, 11) is 0. The van der Waals surface area contributed by atoms with E-state index in [0.29, 0.717) is 5.56 Å². The minimum Gasteiger partial charge on any atom is -0.389 e. The van der Waals surface area contributed by atoms with Crippen molar-refractivity contribution in [2.24, 2.45) is 5.73 Å². The largest absolute Gasteiger partial charge is 0.389 e. The van der Waals surface area contributed by atoms with Gasteiger partial charge in [0.05, 0.1) is 11.6 Å². The minimum atomic E-state index is -0.962. The summed E-state index contributed by atoms with van der Waals surface area (Å²) in [6.07, 6.45) is -0.213. The van der Waals surface area contributed by atoms with Crippen LogP contribution in [0.1, 0.15) is 11.7 Å². The third-order valence-corrected chi connectivity index (χ3v) is 2.58. The Balaban J connectivity index is 2.39. The monoisotopic (exact) mass is 218 g/mol. The summed E-state index contributed by atoms with van der Waals surface area (Å²) in [6.45, 7) is 0.0292. The van der Waals surface area contributed by atoms with E-state index in [1.165, 1.54) is 0 Å². The third-order valence-electron chi connectivity index (χ3n) is 2.58. The number of aliphatic hydroxyl groups excluding tert-OH is 2. The van der Waals surface area contributed by atoms with Gasteiger partial charge in [0.25, 0.3) is 0 Å². The molecule has 1 heterocycles. The van der Waals surface area contributed by atoms with Crippen molar-refractivity contribution in [1.82, 2.24) is 4.98 Å². The Morgan fingerprint density at radius 1 is 1.25 bits per heavy atom. The quantitative estimate of drug-likeness (QED) is 0.704. The van der Waals surface area contributed by atoms with Crippen molar-refractivity contribution in [3.63, 3.8) is 0 Å². The van der Waals surface area contributed by atoms with Crippen LogP contribution in [0.15, 0.2) is 36.5 Å². The molecule has 0 amide bonds. The van der Waals surface area contributed by atoms with E-state index in [4.69, 9.17) is 5.73 Å². The Morgan fingerprint density at radius 3 is 2.81 bits per heavy atom. The van der Waals surface area contributed by atoms with E-state index in [-0.39, 0.29) is 6.54 Å². The molecule has 0 bridgehead atoms. The number of hydrogen-bond donors (Lipinski definition) is 3. The molecular weight excluding hydrogens is 204 g/mol. The maximum Gasteiger partial charge on any atom is 0.106 e. The average Bonchev–Trinajstić information content (AvgIpc) is 2.36. The van der Waals surface area contributed by atoms with E-state index in [1.54, 1.807) is 18.3 Å². The first kappa shape index (κ1) is 11.0. The fourth-order valence-electron chi connectivity index (χ4n) is 1.62. The van der Waals surface area contributed by atoms with Crippen molar-refractivity contribution in [2.75, 3.05) is 6.54 Å². The first-order valence-electron chi connectivity index (χ1n) is 5.13. The maximum absolute atomic E-state index is 9.79. The van der Waals surface area contributed by atoms with E-state index in [2.05, 4.69) is 4.98 Å². The maximum atomic E-state index is 9.79. The highest BCUT2D eigenvalue weighted by Gasteiger charge is 2.16. The Bertz CT molecular complexity index is 487. The van der Waals surface area contributed by atoms with Gasteiger partial charge in [0.1, 0.15) is 6.10 Å². The number of hydrogen-bond acceptors (Lipinski definition) is 4. The molecule has 0 aliphatic rings. The molecule has 2 atom stereocenters. The second kappa shape index (κ2) is 4.57. The molecule has 16 heavy (non-hydrogen) atoms. The molecule has 1 aromatic carbocycles. The summed E-state index contributed by atoms with van der Waals surface area (Å²) in [5.41, 5.74) is 6.72. The molecule has 2 unspecified atom stereocenters. The topological polar surface area (TPSA) is 79.4 Å². The van der Waals surface area contributed by atoms with E-state index >= 15 is 0 Å². The Morgan fingerprint density at radius 2 is 2.06 bits per heavy atom. The fraction of sp³-hybridized carbons (Fsp3) is 0.250. The zero-order chi connectivity index (χ0) is 11.5. The lowest BCUT2D eigenvalue weighted by atomic mass is 10.0. The van der Waals surface area contributed by atoms with Crippen molar-refractivity contribution in [3.8, 4) is 0 Å². The molecule has 84 valence electrons. The third kappa shape index (κ3) is 2.04. The summed E-state index contributed by atoms with van der Waals surface area (Å²) in [5.74, 6) is 0. The molecule has 0 saturated carbocycles. The van der Waals surface area contributed by atoms with Gasteiger partial charge in [-0.15, -0.1) is 0 Å². The molecular formula is C12H14N2O2. The van der Waals surface area contributed by atoms with Crippen molar-refractivity contribution in [1.29, 1.82) is 0 Å². The van der Waals surface area contributed by atoms with Crippen LogP contribution in [0, 0.1) is 0 Å². The minimum absolute atomic E-state index is 0.0292. The molecule has 0 aliphatic heterocycles. The molecule has 0 aliphatic carbocycles. The lowest BCUT2D eigenvalue weighted by Crippen LogP contribution is -2.27. The van der Waals surface area contributed by atoms with Gasteiger partial charge in [0.15, 0.2) is 0 Å². The van der Waals surface area contributed by atoms with Gasteiger partial charge < -0.3 is 15.9 Å². The molecule has 2 aromatic rings. The fourth-order valence-corrected chi connectivity index (χ4v) is 1.62. The molecule has 0 spiro atoms. The van der Waals surface area contributed by atoms with E-state index in [1.807, 2.05) is 18.2 Å². The number of aliphatic hydroxyl groups is 2. The first-order valence-corrected chi connectivity index (χ1v) is 5.13. The number of benzene rings is 1. The summed E-state index contributed by atoms with van der Waals surface area (Å²) in [5, 5.41) is 20.2. The van der Waals surface area contributed by atoms with Crippen molar-refractivity contribution in [3.05, 3.63) is 42.1 Å². The lowest BCUT2D eigenvalue weighted by Gasteiger charge is -2.16. The Kier molecular flexibility index (Phi) is 3.14. The number of pyridine rings is 1. The first-order chi connectivity index (χ1) is 7.72. The van der Waals surface area contributed by atoms with Crippen LogP contribution < -0.4 is 5.73 Å². The molecule has 0 fully saturated rings. The standard InChI is InChI=1S/C12H14N2O2/c13-7-11(15)12(16)9-4-3-8-2-1-5-14-10(8)6-9/h1-6,11-12,15-16H,7,13H2. The van der Waals surface area contributed by atoms with E-state index < -0.39 is 12.2 Å². The Labute approximate surface area is 93.4 Å². The molecule has 0 radical (unpaired) electrons. The second-order valence-corrected chi connectivity index (χ2v) is 3.70. The molecule has 4 N–H and O–H groups in total. The molecule has 2 rings (SSSR count). The SMILES string of the molecule is NCC(O)C(O)c1ccc2cccnc2c1. The highest BCUT2D eigenvalue weighted by Crippen LogP contribution is 2.20. The highest BCUT2D eigenvalue weighted by molar-refractivity contribution is 5.78. The van der Waals surface area contributed by atoms with Crippen molar-refractivity contribution in [2.45, 2.75) is 12.2 Å². The van der Waals surface area contributed by atoms with Crippen LogP contribution in [0.25, 0.3) is 10.9 Å². The summed E-state index contributed by atoms with van der Waals surface area (Å²) < 4.78 is 0. The zero-order valence-electron chi connectivity index (χ0n) is 8.74. The predicted molar refractivity (Wildman–Crippen MR) is 61.8 cm³/mol. The van der Waals surface area contributed by atoms with Crippen LogP contribution in [0.2, 0.25) is 0 Å². The predicted octanol–water partition coefficient (Wildman–Crippen LogP) is 0.588. The van der Waals surface area contributed by atoms with Crippen LogP contribution in [0.3, 0.4) is 0 Å². The molecule has 4 nitrogen and oxygen atoms in total. The molecule has 1 aromatic heterocycles. The number of nitrogens with two attached hydrogens (primary N) is 1. The van der Waals surface area contributed by atoms with Gasteiger partial charge in [-0.2, -0.15) is 0 Å². The number of nitrogens with zero attached hydrogens (tertiary/aromatic N) is 1. The summed E-state index contributed by atoms with van der Waals surface area (Å²) >= 11 is 0. The second-order valence-electron chi connectivity index (χ2n) is 3.70. The van der Waals surface area contributed by atoms with Crippen molar-refractivity contribution < 1.29 is 10.2 Å². The molecule has 0 saturated heterocycles. The van der Waals surface area contributed by atoms with Gasteiger partial charge in [0, 0.05) is 18.1 Å². The van der Waals surface area contributed by atoms with Gasteiger partial charge in [0.2, 0.25) is 0 Å². The van der Waals surface area contributed by atoms with Gasteiger partial charge >= 0.3 is 0 Å². The van der Waals surface area contributed by atoms with Crippen LogP contribution in [0.5, 0.6) is 0 Å². The van der Waals surface area contributed by atoms with Gasteiger partial charge in [-0.3, -0.25) is 4.98 Å². The summed E-state index contributed by atoms with van der Waals surface area (Å²) in [4.78, 5) is 4.19. The number of aromatic nitrogens is 1. The van der Waals surface area contributed by atoms with Crippen LogP contribution in [-0.2, 0) is 0 Å². The van der Waals surface area contributed by atoms with E-state index in [0.717, 1.165) is 10.9 Å². The summed E-state index contributed by atoms with van der Waals surface area (Å²) in [6, 6.07) is 9.20. The van der Waals surface area contributed by atoms with Crippen molar-refractivity contribution >= 4 is 10.9 Å².